The van der Waals surface area contributed by atoms with Gasteiger partial charge in [-0.1, -0.05) is 0 Å². The number of anilines is 1. The molecule has 1 unspecified atom stereocenters. The molecule has 1 heterocycles. The Morgan fingerprint density at radius 3 is 2.65 bits per heavy atom. The maximum Gasteiger partial charge on any atom is 0.314 e. The van der Waals surface area contributed by atoms with Crippen LogP contribution in [0.1, 0.15) is 19.8 Å². The van der Waals surface area contributed by atoms with Gasteiger partial charge < -0.3 is 24.4 Å². The number of amides is 2. The Hall–Kier alpha value is -2.77. The molecule has 2 amide bonds. The lowest BCUT2D eigenvalue weighted by Gasteiger charge is -2.31. The molecule has 0 radical (unpaired) electrons. The molecule has 1 aliphatic heterocycles. The Bertz CT molecular complexity index is 676. The lowest BCUT2D eigenvalue weighted by Crippen LogP contribution is -2.47. The van der Waals surface area contributed by atoms with E-state index >= 15 is 0 Å². The first-order valence-corrected chi connectivity index (χ1v) is 8.49. The zero-order chi connectivity index (χ0) is 19.1. The van der Waals surface area contributed by atoms with Crippen molar-refractivity contribution in [3.63, 3.8) is 0 Å². The van der Waals surface area contributed by atoms with Crippen molar-refractivity contribution in [2.75, 3.05) is 39.2 Å². The summed E-state index contributed by atoms with van der Waals surface area (Å²) in [5.41, 5.74) is 0.366. The first kappa shape index (κ1) is 19.6. The summed E-state index contributed by atoms with van der Waals surface area (Å²) in [4.78, 5) is 38.0. The van der Waals surface area contributed by atoms with Crippen molar-refractivity contribution >= 4 is 23.5 Å². The molecule has 1 aromatic rings. The minimum atomic E-state index is -0.780. The summed E-state index contributed by atoms with van der Waals surface area (Å²) in [5.74, 6) is -1.24. The molecule has 0 aromatic heterocycles. The highest BCUT2D eigenvalue weighted by Crippen LogP contribution is 2.29. The maximum atomic E-state index is 12.4. The molecular weight excluding hydrogens is 340 g/mol. The minimum absolute atomic E-state index is 0.185. The number of rotatable bonds is 5. The summed E-state index contributed by atoms with van der Waals surface area (Å²) in [6.07, 6.45) is 1.30. The van der Waals surface area contributed by atoms with E-state index in [4.69, 9.17) is 14.2 Å². The average molecular weight is 364 g/mol. The van der Waals surface area contributed by atoms with E-state index in [-0.39, 0.29) is 12.5 Å². The number of benzene rings is 1. The molecule has 0 spiro atoms. The van der Waals surface area contributed by atoms with Crippen molar-refractivity contribution < 1.29 is 28.6 Å². The predicted molar refractivity (Wildman–Crippen MR) is 94.1 cm³/mol. The van der Waals surface area contributed by atoms with Crippen LogP contribution in [0.5, 0.6) is 11.5 Å². The normalized spacial score (nSPS) is 16.6. The monoisotopic (exact) mass is 364 g/mol. The van der Waals surface area contributed by atoms with Crippen molar-refractivity contribution in [3.05, 3.63) is 18.2 Å². The van der Waals surface area contributed by atoms with E-state index in [1.54, 1.807) is 25.1 Å². The van der Waals surface area contributed by atoms with Crippen LogP contribution >= 0.6 is 0 Å². The number of piperidine rings is 1. The van der Waals surface area contributed by atoms with E-state index in [0.717, 1.165) is 0 Å². The fourth-order valence-corrected chi connectivity index (χ4v) is 2.84. The Labute approximate surface area is 152 Å². The molecule has 8 heteroatoms. The van der Waals surface area contributed by atoms with Gasteiger partial charge in [-0.05, 0) is 31.9 Å². The quantitative estimate of drug-likeness (QED) is 0.628. The Balaban J connectivity index is 2.03. The highest BCUT2D eigenvalue weighted by Gasteiger charge is 2.32. The van der Waals surface area contributed by atoms with Gasteiger partial charge in [0.2, 0.25) is 0 Å². The van der Waals surface area contributed by atoms with Gasteiger partial charge in [-0.2, -0.15) is 0 Å². The van der Waals surface area contributed by atoms with Crippen molar-refractivity contribution in [3.8, 4) is 11.5 Å². The smallest absolute Gasteiger partial charge is 0.314 e. The van der Waals surface area contributed by atoms with Crippen molar-refractivity contribution in [1.82, 2.24) is 4.90 Å². The third-order valence-corrected chi connectivity index (χ3v) is 4.18. The number of carbonyl (C=O) groups is 3. The second kappa shape index (κ2) is 9.07. The van der Waals surface area contributed by atoms with E-state index in [1.165, 1.54) is 19.1 Å². The second-order valence-corrected chi connectivity index (χ2v) is 5.86. The number of likely N-dealkylation sites (tertiary alicyclic amines) is 1. The Kier molecular flexibility index (Phi) is 6.82. The second-order valence-electron chi connectivity index (χ2n) is 5.86. The Morgan fingerprint density at radius 1 is 1.23 bits per heavy atom. The van der Waals surface area contributed by atoms with Gasteiger partial charge in [0.05, 0.1) is 32.4 Å². The van der Waals surface area contributed by atoms with Crippen molar-refractivity contribution in [2.45, 2.75) is 19.8 Å². The van der Waals surface area contributed by atoms with Crippen LogP contribution in [0.15, 0.2) is 18.2 Å². The number of carbonyl (C=O) groups excluding carboxylic acids is 3. The highest BCUT2D eigenvalue weighted by molar-refractivity contribution is 6.39. The molecule has 26 heavy (non-hydrogen) atoms. The van der Waals surface area contributed by atoms with Gasteiger partial charge in [0.25, 0.3) is 0 Å². The van der Waals surface area contributed by atoms with Gasteiger partial charge >= 0.3 is 17.8 Å². The molecule has 1 fully saturated rings. The molecule has 0 saturated carbocycles. The third kappa shape index (κ3) is 4.65. The van der Waals surface area contributed by atoms with Crippen LogP contribution in [0.2, 0.25) is 0 Å². The van der Waals surface area contributed by atoms with Crippen LogP contribution in [-0.4, -0.2) is 56.6 Å². The van der Waals surface area contributed by atoms with Crippen LogP contribution in [0.3, 0.4) is 0 Å². The average Bonchev–Trinajstić information content (AvgIpc) is 2.67. The van der Waals surface area contributed by atoms with Gasteiger partial charge in [0.1, 0.15) is 11.5 Å². The van der Waals surface area contributed by atoms with Gasteiger partial charge in [0, 0.05) is 19.2 Å². The largest absolute Gasteiger partial charge is 0.497 e. The van der Waals surface area contributed by atoms with Gasteiger partial charge in [0.15, 0.2) is 0 Å². The first-order chi connectivity index (χ1) is 12.5. The summed E-state index contributed by atoms with van der Waals surface area (Å²) >= 11 is 0. The molecule has 1 aliphatic rings. The van der Waals surface area contributed by atoms with E-state index in [9.17, 15) is 14.4 Å². The van der Waals surface area contributed by atoms with Crippen molar-refractivity contribution in [1.29, 1.82) is 0 Å². The summed E-state index contributed by atoms with van der Waals surface area (Å²) in [6.45, 7) is 2.65. The topological polar surface area (TPSA) is 94.2 Å². The van der Waals surface area contributed by atoms with E-state index < -0.39 is 17.7 Å². The number of ether oxygens (including phenoxy) is 3. The summed E-state index contributed by atoms with van der Waals surface area (Å²) in [6, 6.07) is 4.86. The number of methoxy groups -OCH3 is 2. The zero-order valence-corrected chi connectivity index (χ0v) is 15.2. The van der Waals surface area contributed by atoms with E-state index in [0.29, 0.717) is 43.2 Å². The summed E-state index contributed by atoms with van der Waals surface area (Å²) < 4.78 is 15.3. The summed E-state index contributed by atoms with van der Waals surface area (Å²) in [7, 11) is 2.98. The SMILES string of the molecule is CCOC(=O)C1CCCN(C(=O)C(=O)Nc2ccc(OC)cc2OC)C1. The lowest BCUT2D eigenvalue weighted by molar-refractivity contribution is -0.153. The molecule has 2 rings (SSSR count). The predicted octanol–water partition coefficient (Wildman–Crippen LogP) is 1.44. The molecule has 1 atom stereocenters. The fourth-order valence-electron chi connectivity index (χ4n) is 2.84. The fraction of sp³-hybridized carbons (Fsp3) is 0.500. The van der Waals surface area contributed by atoms with E-state index in [2.05, 4.69) is 5.32 Å². The molecule has 1 N–H and O–H groups in total. The minimum Gasteiger partial charge on any atom is -0.497 e. The molecule has 0 bridgehead atoms. The number of nitrogens with one attached hydrogen (secondary N) is 1. The third-order valence-electron chi connectivity index (χ3n) is 4.18. The van der Waals surface area contributed by atoms with E-state index in [1.807, 2.05) is 0 Å². The summed E-state index contributed by atoms with van der Waals surface area (Å²) in [5, 5.41) is 2.55. The van der Waals surface area contributed by atoms with Crippen molar-refractivity contribution in [2.24, 2.45) is 5.92 Å². The van der Waals surface area contributed by atoms with Crippen LogP contribution in [0.4, 0.5) is 5.69 Å². The standard InChI is InChI=1S/C18H24N2O6/c1-4-26-18(23)12-6-5-9-20(11-12)17(22)16(21)19-14-8-7-13(24-2)10-15(14)25-3/h7-8,10,12H,4-6,9,11H2,1-3H3,(H,19,21). The van der Waals surface area contributed by atoms with Crippen LogP contribution < -0.4 is 14.8 Å². The van der Waals surface area contributed by atoms with Crippen LogP contribution in [0, 0.1) is 5.92 Å². The molecule has 8 nitrogen and oxygen atoms in total. The van der Waals surface area contributed by atoms with Gasteiger partial charge in [-0.25, -0.2) is 0 Å². The first-order valence-electron chi connectivity index (χ1n) is 8.49. The molecular formula is C18H24N2O6. The van der Waals surface area contributed by atoms with Gasteiger partial charge in [-0.3, -0.25) is 14.4 Å². The molecule has 0 aliphatic carbocycles. The number of hydrogen-bond donors (Lipinski definition) is 1. The molecule has 142 valence electrons. The van der Waals surface area contributed by atoms with Crippen LogP contribution in [0.25, 0.3) is 0 Å². The maximum absolute atomic E-state index is 12.4. The number of hydrogen-bond acceptors (Lipinski definition) is 6. The highest BCUT2D eigenvalue weighted by atomic mass is 16.5. The zero-order valence-electron chi connectivity index (χ0n) is 15.2. The van der Waals surface area contributed by atoms with Crippen LogP contribution in [-0.2, 0) is 19.1 Å². The van der Waals surface area contributed by atoms with Gasteiger partial charge in [-0.15, -0.1) is 0 Å². The molecule has 1 saturated heterocycles. The number of nitrogens with zero attached hydrogens (tertiary/aromatic N) is 1. The Morgan fingerprint density at radius 2 is 2.00 bits per heavy atom. The molecule has 1 aromatic carbocycles. The lowest BCUT2D eigenvalue weighted by atomic mass is 9.98. The number of esters is 1.